The minimum atomic E-state index is 0.789. The third kappa shape index (κ3) is 4.87. The van der Waals surface area contributed by atoms with E-state index in [1.165, 1.54) is 10.8 Å². The maximum atomic E-state index is 4.13. The minimum absolute atomic E-state index is 0.789. The molecule has 0 amide bonds. The highest BCUT2D eigenvalue weighted by molar-refractivity contribution is 5.83. The molecule has 2 aromatic carbocycles. The fraction of sp³-hybridized carbons (Fsp3) is 0.130. The van der Waals surface area contributed by atoms with Crippen LogP contribution in [-0.2, 0) is 0 Å². The van der Waals surface area contributed by atoms with Gasteiger partial charge in [0, 0.05) is 5.57 Å². The van der Waals surface area contributed by atoms with Crippen molar-refractivity contribution in [3.05, 3.63) is 82.8 Å². The van der Waals surface area contributed by atoms with E-state index in [0.717, 1.165) is 28.0 Å². The molecular formula is C23H22. The summed E-state index contributed by atoms with van der Waals surface area (Å²) < 4.78 is 0. The number of hydrogen-bond donors (Lipinski definition) is 0. The third-order valence-corrected chi connectivity index (χ3v) is 3.48. The Balaban J connectivity index is 2.30. The van der Waals surface area contributed by atoms with Gasteiger partial charge in [0.05, 0.1) is 0 Å². The van der Waals surface area contributed by atoms with Gasteiger partial charge in [-0.2, -0.15) is 0 Å². The molecule has 0 aromatic heterocycles. The largest absolute Gasteiger partial charge is 0.0911 e. The Morgan fingerprint density at radius 1 is 1.13 bits per heavy atom. The molecule has 0 heterocycles. The number of hydrogen-bond acceptors (Lipinski definition) is 0. The van der Waals surface area contributed by atoms with Gasteiger partial charge in [-0.3, -0.25) is 0 Å². The zero-order valence-corrected chi connectivity index (χ0v) is 13.9. The molecule has 0 aliphatic carbocycles. The molecule has 0 N–H and O–H groups in total. The lowest BCUT2D eigenvalue weighted by atomic mass is 10.1. The highest BCUT2D eigenvalue weighted by atomic mass is 14.0. The van der Waals surface area contributed by atoms with Gasteiger partial charge in [-0.25, -0.2) is 0 Å². The van der Waals surface area contributed by atoms with Gasteiger partial charge in [0.25, 0.3) is 0 Å². The van der Waals surface area contributed by atoms with E-state index in [4.69, 9.17) is 0 Å². The monoisotopic (exact) mass is 298 g/mol. The second-order valence-electron chi connectivity index (χ2n) is 5.50. The van der Waals surface area contributed by atoms with Gasteiger partial charge in [0.2, 0.25) is 0 Å². The van der Waals surface area contributed by atoms with Gasteiger partial charge in [-0.05, 0) is 58.3 Å². The van der Waals surface area contributed by atoms with Crippen molar-refractivity contribution in [3.63, 3.8) is 0 Å². The van der Waals surface area contributed by atoms with Gasteiger partial charge >= 0.3 is 0 Å². The standard InChI is InChI=1S/C23H22/c1-5-6-7-10-18(2)13-14-19(3)15-23-17-22-12-9-8-11-21(22)16-20(23)4/h6-12,15-17H,3-5H2,1-2H3/b7-6-,18-10+,23-15-. The summed E-state index contributed by atoms with van der Waals surface area (Å²) in [5.74, 6) is 6.23. The molecule has 0 saturated carbocycles. The maximum absolute atomic E-state index is 4.13. The molecule has 0 aliphatic heterocycles. The topological polar surface area (TPSA) is 0 Å². The summed E-state index contributed by atoms with van der Waals surface area (Å²) in [6.45, 7) is 12.3. The van der Waals surface area contributed by atoms with E-state index in [0.29, 0.717) is 0 Å². The average molecular weight is 298 g/mol. The first-order chi connectivity index (χ1) is 11.1. The maximum Gasteiger partial charge on any atom is 0.0183 e. The predicted octanol–water partition coefficient (Wildman–Crippen LogP) is 4.50. The van der Waals surface area contributed by atoms with Crippen LogP contribution in [-0.4, -0.2) is 0 Å². The van der Waals surface area contributed by atoms with Crippen LogP contribution in [0.25, 0.3) is 23.4 Å². The molecule has 0 heteroatoms. The van der Waals surface area contributed by atoms with Gasteiger partial charge in [-0.15, -0.1) is 0 Å². The second-order valence-corrected chi connectivity index (χ2v) is 5.50. The summed E-state index contributed by atoms with van der Waals surface area (Å²) >= 11 is 0. The lowest BCUT2D eigenvalue weighted by molar-refractivity contribution is 1.22. The molecule has 2 aromatic rings. The van der Waals surface area contributed by atoms with Crippen LogP contribution in [0.2, 0.25) is 0 Å². The summed E-state index contributed by atoms with van der Waals surface area (Å²) in [5.41, 5.74) is 1.81. The van der Waals surface area contributed by atoms with Crippen LogP contribution in [0.15, 0.2) is 72.4 Å². The van der Waals surface area contributed by atoms with E-state index in [9.17, 15) is 0 Å². The molecule has 0 unspecified atom stereocenters. The number of allylic oxidation sites excluding steroid dienone is 5. The molecule has 0 nitrogen and oxygen atoms in total. The quantitative estimate of drug-likeness (QED) is 0.578. The minimum Gasteiger partial charge on any atom is -0.0911 e. The molecule has 2 rings (SSSR count). The van der Waals surface area contributed by atoms with E-state index < -0.39 is 0 Å². The van der Waals surface area contributed by atoms with Crippen LogP contribution in [0.1, 0.15) is 20.3 Å². The summed E-state index contributed by atoms with van der Waals surface area (Å²) in [7, 11) is 0. The first kappa shape index (κ1) is 16.6. The van der Waals surface area contributed by atoms with Crippen LogP contribution in [0.3, 0.4) is 0 Å². The number of benzene rings is 2. The van der Waals surface area contributed by atoms with Crippen LogP contribution < -0.4 is 10.4 Å². The van der Waals surface area contributed by atoms with Crippen molar-refractivity contribution in [2.24, 2.45) is 0 Å². The van der Waals surface area contributed by atoms with E-state index in [1.54, 1.807) is 0 Å². The van der Waals surface area contributed by atoms with Crippen molar-refractivity contribution < 1.29 is 0 Å². The van der Waals surface area contributed by atoms with Crippen LogP contribution in [0.4, 0.5) is 0 Å². The highest BCUT2D eigenvalue weighted by Crippen LogP contribution is 2.08. The van der Waals surface area contributed by atoms with E-state index in [-0.39, 0.29) is 0 Å². The lowest BCUT2D eigenvalue weighted by Crippen LogP contribution is -2.22. The molecule has 0 bridgehead atoms. The lowest BCUT2D eigenvalue weighted by Gasteiger charge is -1.98. The summed E-state index contributed by atoms with van der Waals surface area (Å²) in [5, 5.41) is 4.46. The molecule has 0 aliphatic rings. The van der Waals surface area contributed by atoms with Crippen molar-refractivity contribution in [2.45, 2.75) is 20.3 Å². The summed E-state index contributed by atoms with van der Waals surface area (Å²) in [6.07, 6.45) is 9.19. The molecule has 0 saturated heterocycles. The smallest absolute Gasteiger partial charge is 0.0183 e. The first-order valence-corrected chi connectivity index (χ1v) is 7.84. The van der Waals surface area contributed by atoms with Gasteiger partial charge in [0.1, 0.15) is 0 Å². The summed E-state index contributed by atoms with van der Waals surface area (Å²) in [4.78, 5) is 0. The van der Waals surface area contributed by atoms with Gasteiger partial charge in [0.15, 0.2) is 0 Å². The van der Waals surface area contributed by atoms with Crippen LogP contribution >= 0.6 is 0 Å². The predicted molar refractivity (Wildman–Crippen MR) is 103 cm³/mol. The average Bonchev–Trinajstić information content (AvgIpc) is 2.54. The molecule has 23 heavy (non-hydrogen) atoms. The van der Waals surface area contributed by atoms with Gasteiger partial charge in [-0.1, -0.05) is 74.4 Å². The number of fused-ring (bicyclic) bond motifs is 1. The summed E-state index contributed by atoms with van der Waals surface area (Å²) in [6, 6.07) is 12.5. The Hall–Kier alpha value is -2.78. The molecule has 0 spiro atoms. The third-order valence-electron chi connectivity index (χ3n) is 3.48. The number of rotatable bonds is 3. The Morgan fingerprint density at radius 3 is 2.52 bits per heavy atom. The SMILES string of the molecule is C=C(C#C/C(C)=C/C=C\CC)/C=c1/cc2ccccc2cc1=C. The molecule has 114 valence electrons. The fourth-order valence-electron chi connectivity index (χ4n) is 2.23. The first-order valence-electron chi connectivity index (χ1n) is 7.84. The molecule has 0 fully saturated rings. The van der Waals surface area contributed by atoms with Crippen molar-refractivity contribution >= 4 is 23.4 Å². The molecular weight excluding hydrogens is 276 g/mol. The van der Waals surface area contributed by atoms with E-state index in [1.807, 2.05) is 37.3 Å². The van der Waals surface area contributed by atoms with Crippen molar-refractivity contribution in [3.8, 4) is 11.8 Å². The molecule has 0 atom stereocenters. The molecule has 0 radical (unpaired) electrons. The van der Waals surface area contributed by atoms with Crippen molar-refractivity contribution in [2.75, 3.05) is 0 Å². The zero-order valence-electron chi connectivity index (χ0n) is 13.9. The van der Waals surface area contributed by atoms with Crippen LogP contribution in [0.5, 0.6) is 0 Å². The fourth-order valence-corrected chi connectivity index (χ4v) is 2.23. The van der Waals surface area contributed by atoms with E-state index >= 15 is 0 Å². The zero-order chi connectivity index (χ0) is 16.7. The van der Waals surface area contributed by atoms with Crippen molar-refractivity contribution in [1.82, 2.24) is 0 Å². The normalized spacial score (nSPS) is 12.4. The Labute approximate surface area is 138 Å². The van der Waals surface area contributed by atoms with Gasteiger partial charge < -0.3 is 0 Å². The Morgan fingerprint density at radius 2 is 1.83 bits per heavy atom. The van der Waals surface area contributed by atoms with E-state index in [2.05, 4.69) is 62.3 Å². The second kappa shape index (κ2) is 8.01. The van der Waals surface area contributed by atoms with Crippen molar-refractivity contribution in [1.29, 1.82) is 0 Å². The Kier molecular flexibility index (Phi) is 5.78. The Bertz CT molecular complexity index is 941. The highest BCUT2D eigenvalue weighted by Gasteiger charge is 1.93. The van der Waals surface area contributed by atoms with Crippen LogP contribution in [0, 0.1) is 11.8 Å².